The number of aliphatic hydroxyl groups excluding tert-OH is 1. The van der Waals surface area contributed by atoms with Gasteiger partial charge in [0.2, 0.25) is 0 Å². The lowest BCUT2D eigenvalue weighted by atomic mass is 9.95. The Morgan fingerprint density at radius 1 is 1.21 bits per heavy atom. The van der Waals surface area contributed by atoms with Gasteiger partial charge < -0.3 is 14.9 Å². The normalized spacial score (nSPS) is 18.9. The van der Waals surface area contributed by atoms with Crippen molar-refractivity contribution in [3.05, 3.63) is 71.3 Å². The highest BCUT2D eigenvalue weighted by molar-refractivity contribution is 6.46. The monoisotopic (exact) mass is 383 g/mol. The minimum Gasteiger partial charge on any atom is -0.507 e. The molecular formula is C21H22FN3O3. The van der Waals surface area contributed by atoms with Gasteiger partial charge in [0.15, 0.2) is 0 Å². The van der Waals surface area contributed by atoms with E-state index in [4.69, 9.17) is 0 Å². The Hall–Kier alpha value is -3.06. The Balaban J connectivity index is 2.08. The van der Waals surface area contributed by atoms with Gasteiger partial charge in [-0.3, -0.25) is 14.6 Å². The number of ketones is 1. The van der Waals surface area contributed by atoms with E-state index < -0.39 is 23.5 Å². The van der Waals surface area contributed by atoms with Gasteiger partial charge >= 0.3 is 0 Å². The summed E-state index contributed by atoms with van der Waals surface area (Å²) in [6.45, 7) is 1.04. The topological polar surface area (TPSA) is 73.7 Å². The van der Waals surface area contributed by atoms with Crippen LogP contribution in [0.2, 0.25) is 0 Å². The molecule has 1 atom stereocenters. The largest absolute Gasteiger partial charge is 0.507 e. The van der Waals surface area contributed by atoms with Gasteiger partial charge in [-0.15, -0.1) is 0 Å². The number of aromatic nitrogens is 1. The van der Waals surface area contributed by atoms with E-state index in [2.05, 4.69) is 4.98 Å². The summed E-state index contributed by atoms with van der Waals surface area (Å²) in [5.41, 5.74) is 0.786. The number of likely N-dealkylation sites (tertiary alicyclic amines) is 1. The number of benzene rings is 1. The van der Waals surface area contributed by atoms with Crippen molar-refractivity contribution in [2.75, 3.05) is 27.2 Å². The first kappa shape index (κ1) is 19.7. The quantitative estimate of drug-likeness (QED) is 0.472. The van der Waals surface area contributed by atoms with Crippen LogP contribution in [-0.4, -0.2) is 58.8 Å². The number of amides is 1. The maximum Gasteiger partial charge on any atom is 0.295 e. The number of hydrogen-bond donors (Lipinski definition) is 1. The fourth-order valence-corrected chi connectivity index (χ4v) is 3.36. The number of pyridine rings is 1. The van der Waals surface area contributed by atoms with Crippen molar-refractivity contribution in [2.45, 2.75) is 12.5 Å². The molecule has 1 aromatic carbocycles. The highest BCUT2D eigenvalue weighted by Gasteiger charge is 2.45. The maximum atomic E-state index is 13.9. The number of nitrogens with zero attached hydrogens (tertiary/aromatic N) is 3. The Bertz CT molecular complexity index is 912. The van der Waals surface area contributed by atoms with Gasteiger partial charge in [0.05, 0.1) is 11.6 Å². The molecule has 2 heterocycles. The predicted molar refractivity (Wildman–Crippen MR) is 103 cm³/mol. The van der Waals surface area contributed by atoms with Crippen molar-refractivity contribution >= 4 is 17.4 Å². The molecular weight excluding hydrogens is 361 g/mol. The number of carbonyl (C=O) groups excluding carboxylic acids is 2. The summed E-state index contributed by atoms with van der Waals surface area (Å²) in [5, 5.41) is 10.8. The van der Waals surface area contributed by atoms with Crippen molar-refractivity contribution in [2.24, 2.45) is 0 Å². The number of rotatable bonds is 6. The van der Waals surface area contributed by atoms with E-state index in [9.17, 15) is 19.1 Å². The van der Waals surface area contributed by atoms with Gasteiger partial charge in [0.1, 0.15) is 11.6 Å². The van der Waals surface area contributed by atoms with Crippen LogP contribution in [0.15, 0.2) is 54.4 Å². The molecule has 1 aliphatic heterocycles. The summed E-state index contributed by atoms with van der Waals surface area (Å²) < 4.78 is 13.9. The van der Waals surface area contributed by atoms with Crippen molar-refractivity contribution in [3.8, 4) is 0 Å². The zero-order valence-electron chi connectivity index (χ0n) is 15.8. The van der Waals surface area contributed by atoms with E-state index in [-0.39, 0.29) is 11.3 Å². The molecule has 28 heavy (non-hydrogen) atoms. The molecule has 7 heteroatoms. The average molecular weight is 383 g/mol. The molecule has 0 saturated carbocycles. The van der Waals surface area contributed by atoms with Crippen molar-refractivity contribution in [1.82, 2.24) is 14.8 Å². The zero-order chi connectivity index (χ0) is 20.3. The molecule has 1 amide bonds. The molecule has 0 aliphatic carbocycles. The van der Waals surface area contributed by atoms with E-state index in [1.165, 1.54) is 35.5 Å². The van der Waals surface area contributed by atoms with Crippen LogP contribution in [0.5, 0.6) is 0 Å². The van der Waals surface area contributed by atoms with Crippen LogP contribution in [0, 0.1) is 5.82 Å². The van der Waals surface area contributed by atoms with Crippen molar-refractivity contribution < 1.29 is 19.1 Å². The number of aliphatic hydroxyl groups is 1. The highest BCUT2D eigenvalue weighted by Crippen LogP contribution is 2.39. The molecule has 6 nitrogen and oxygen atoms in total. The molecule has 1 unspecified atom stereocenters. The number of carbonyl (C=O) groups is 2. The van der Waals surface area contributed by atoms with Crippen LogP contribution in [0.25, 0.3) is 5.76 Å². The minimum absolute atomic E-state index is 0.0355. The van der Waals surface area contributed by atoms with E-state index in [0.717, 1.165) is 6.54 Å². The lowest BCUT2D eigenvalue weighted by Crippen LogP contribution is -2.32. The van der Waals surface area contributed by atoms with E-state index in [1.54, 1.807) is 18.2 Å². The van der Waals surface area contributed by atoms with Gasteiger partial charge in [-0.05, 0) is 56.9 Å². The number of halogens is 1. The van der Waals surface area contributed by atoms with Gasteiger partial charge in [-0.1, -0.05) is 12.1 Å². The first-order valence-corrected chi connectivity index (χ1v) is 8.99. The van der Waals surface area contributed by atoms with E-state index in [1.807, 2.05) is 19.0 Å². The van der Waals surface area contributed by atoms with Crippen LogP contribution in [0.1, 0.15) is 23.6 Å². The second kappa shape index (κ2) is 8.31. The first-order chi connectivity index (χ1) is 13.4. The third kappa shape index (κ3) is 3.94. The second-order valence-corrected chi connectivity index (χ2v) is 6.94. The average Bonchev–Trinajstić information content (AvgIpc) is 2.93. The van der Waals surface area contributed by atoms with Gasteiger partial charge in [-0.2, -0.15) is 0 Å². The van der Waals surface area contributed by atoms with E-state index >= 15 is 0 Å². The Kier molecular flexibility index (Phi) is 5.84. The van der Waals surface area contributed by atoms with Crippen LogP contribution < -0.4 is 0 Å². The molecule has 1 fully saturated rings. The molecule has 1 saturated heterocycles. The van der Waals surface area contributed by atoms with Gasteiger partial charge in [0, 0.05) is 24.5 Å². The molecule has 3 rings (SSSR count). The standard InChI is InChI=1S/C21H22FN3O3/c1-24(2)11-4-12-25-18(15-5-3-6-16(22)13-15)17(20(27)21(25)28)19(26)14-7-9-23-10-8-14/h3,5-10,13,18,26H,4,11-12H2,1-2H3. The fraction of sp³-hybridized carbons (Fsp3) is 0.286. The molecule has 0 radical (unpaired) electrons. The Morgan fingerprint density at radius 2 is 1.93 bits per heavy atom. The fourth-order valence-electron chi connectivity index (χ4n) is 3.36. The lowest BCUT2D eigenvalue weighted by molar-refractivity contribution is -0.139. The summed E-state index contributed by atoms with van der Waals surface area (Å²) in [6, 6.07) is 8.02. The smallest absolute Gasteiger partial charge is 0.295 e. The predicted octanol–water partition coefficient (Wildman–Crippen LogP) is 2.59. The molecule has 0 spiro atoms. The molecule has 1 aliphatic rings. The highest BCUT2D eigenvalue weighted by atomic mass is 19.1. The zero-order valence-corrected chi connectivity index (χ0v) is 15.8. The van der Waals surface area contributed by atoms with Gasteiger partial charge in [-0.25, -0.2) is 4.39 Å². The third-order valence-corrected chi connectivity index (χ3v) is 4.66. The molecule has 2 aromatic rings. The van der Waals surface area contributed by atoms with Crippen LogP contribution in [0.3, 0.4) is 0 Å². The summed E-state index contributed by atoms with van der Waals surface area (Å²) in [7, 11) is 3.84. The van der Waals surface area contributed by atoms with Crippen molar-refractivity contribution in [1.29, 1.82) is 0 Å². The molecule has 1 aromatic heterocycles. The van der Waals surface area contributed by atoms with E-state index in [0.29, 0.717) is 24.1 Å². The van der Waals surface area contributed by atoms with Crippen molar-refractivity contribution in [3.63, 3.8) is 0 Å². The second-order valence-electron chi connectivity index (χ2n) is 6.94. The summed E-state index contributed by atoms with van der Waals surface area (Å²) in [4.78, 5) is 32.8. The summed E-state index contributed by atoms with van der Waals surface area (Å²) in [6.07, 6.45) is 3.61. The molecule has 146 valence electrons. The summed E-state index contributed by atoms with van der Waals surface area (Å²) >= 11 is 0. The third-order valence-electron chi connectivity index (χ3n) is 4.66. The minimum atomic E-state index is -0.842. The van der Waals surface area contributed by atoms with Crippen LogP contribution in [-0.2, 0) is 9.59 Å². The van der Waals surface area contributed by atoms with Crippen LogP contribution in [0.4, 0.5) is 4.39 Å². The molecule has 0 bridgehead atoms. The first-order valence-electron chi connectivity index (χ1n) is 8.99. The van der Waals surface area contributed by atoms with Gasteiger partial charge in [0.25, 0.3) is 11.7 Å². The molecule has 1 N–H and O–H groups in total. The number of Topliss-reactive ketones (excluding diaryl/α,β-unsaturated/α-hetero) is 1. The van der Waals surface area contributed by atoms with Crippen LogP contribution >= 0.6 is 0 Å². The lowest BCUT2D eigenvalue weighted by Gasteiger charge is -2.26. The number of hydrogen-bond acceptors (Lipinski definition) is 5. The summed E-state index contributed by atoms with van der Waals surface area (Å²) in [5.74, 6) is -2.22. The Labute approximate surface area is 162 Å². The Morgan fingerprint density at radius 3 is 2.57 bits per heavy atom. The maximum absolute atomic E-state index is 13.9. The SMILES string of the molecule is CN(C)CCCN1C(=O)C(=O)C(=C(O)c2ccncc2)C1c1cccc(F)c1.